The van der Waals surface area contributed by atoms with Crippen molar-refractivity contribution >= 4 is 5.78 Å². The molecule has 0 bridgehead atoms. The average Bonchev–Trinajstić information content (AvgIpc) is 1.84. The molecule has 9 heavy (non-hydrogen) atoms. The van der Waals surface area contributed by atoms with Gasteiger partial charge in [-0.25, -0.2) is 0 Å². The Bertz CT molecular complexity index is 133. The van der Waals surface area contributed by atoms with Gasteiger partial charge in [-0.15, -0.1) is 0 Å². The van der Waals surface area contributed by atoms with Crippen LogP contribution in [-0.2, 0) is 4.79 Å². The summed E-state index contributed by atoms with van der Waals surface area (Å²) in [6.07, 6.45) is 0. The van der Waals surface area contributed by atoms with E-state index >= 15 is 0 Å². The Balaban J connectivity index is 2.73. The maximum atomic E-state index is 11.0. The van der Waals surface area contributed by atoms with Crippen LogP contribution in [0, 0.1) is 17.3 Å². The van der Waals surface area contributed by atoms with Crippen molar-refractivity contribution in [2.24, 2.45) is 17.3 Å². The van der Waals surface area contributed by atoms with Crippen molar-refractivity contribution in [2.45, 2.75) is 27.7 Å². The molecule has 0 unspecified atom stereocenters. The van der Waals surface area contributed by atoms with Gasteiger partial charge >= 0.3 is 0 Å². The number of hydrogen-bond acceptors (Lipinski definition) is 1. The van der Waals surface area contributed by atoms with Crippen molar-refractivity contribution in [1.29, 1.82) is 0 Å². The molecule has 1 aliphatic carbocycles. The molecule has 2 atom stereocenters. The zero-order valence-corrected chi connectivity index (χ0v) is 6.56. The number of carbonyl (C=O) groups excluding carboxylic acids is 1. The molecule has 0 heterocycles. The summed E-state index contributed by atoms with van der Waals surface area (Å²) in [4.78, 5) is 11.0. The van der Waals surface area contributed by atoms with Gasteiger partial charge in [-0.05, 0) is 5.41 Å². The summed E-state index contributed by atoms with van der Waals surface area (Å²) in [6, 6.07) is 0. The Kier molecular flexibility index (Phi) is 1.20. The smallest absolute Gasteiger partial charge is 0.139 e. The normalized spacial score (nSPS) is 40.2. The first-order chi connectivity index (χ1) is 3.98. The third-order valence-corrected chi connectivity index (χ3v) is 3.09. The zero-order valence-electron chi connectivity index (χ0n) is 6.56. The number of carbonyl (C=O) groups is 1. The van der Waals surface area contributed by atoms with E-state index in [2.05, 4.69) is 13.8 Å². The van der Waals surface area contributed by atoms with Crippen LogP contribution >= 0.6 is 0 Å². The Morgan fingerprint density at radius 1 is 1.22 bits per heavy atom. The highest BCUT2D eigenvalue weighted by atomic mass is 16.1. The molecular weight excluding hydrogens is 112 g/mol. The van der Waals surface area contributed by atoms with Crippen LogP contribution in [0.15, 0.2) is 0 Å². The van der Waals surface area contributed by atoms with E-state index in [1.165, 1.54) is 0 Å². The van der Waals surface area contributed by atoms with Crippen LogP contribution in [0.2, 0.25) is 0 Å². The monoisotopic (exact) mass is 126 g/mol. The van der Waals surface area contributed by atoms with E-state index in [1.807, 2.05) is 13.8 Å². The second-order valence-electron chi connectivity index (χ2n) is 3.67. The van der Waals surface area contributed by atoms with E-state index in [-0.39, 0.29) is 17.3 Å². The van der Waals surface area contributed by atoms with Gasteiger partial charge < -0.3 is 0 Å². The van der Waals surface area contributed by atoms with Crippen molar-refractivity contribution < 1.29 is 4.79 Å². The maximum absolute atomic E-state index is 11.0. The molecule has 0 radical (unpaired) electrons. The highest BCUT2D eigenvalue weighted by Gasteiger charge is 2.50. The lowest BCUT2D eigenvalue weighted by molar-refractivity contribution is -0.148. The topological polar surface area (TPSA) is 17.1 Å². The third-order valence-electron chi connectivity index (χ3n) is 3.09. The Morgan fingerprint density at radius 2 is 1.56 bits per heavy atom. The molecule has 1 saturated carbocycles. The summed E-state index contributed by atoms with van der Waals surface area (Å²) < 4.78 is 0. The fourth-order valence-corrected chi connectivity index (χ4v) is 1.39. The van der Waals surface area contributed by atoms with Gasteiger partial charge in [0.2, 0.25) is 0 Å². The van der Waals surface area contributed by atoms with E-state index < -0.39 is 0 Å². The zero-order chi connectivity index (χ0) is 7.23. The molecule has 1 fully saturated rings. The lowest BCUT2D eigenvalue weighted by Crippen LogP contribution is -2.51. The molecule has 0 aromatic rings. The quantitative estimate of drug-likeness (QED) is 0.484. The number of hydrogen-bond donors (Lipinski definition) is 0. The first kappa shape index (κ1) is 6.79. The van der Waals surface area contributed by atoms with E-state index in [0.29, 0.717) is 5.78 Å². The first-order valence-electron chi connectivity index (χ1n) is 3.51. The summed E-state index contributed by atoms with van der Waals surface area (Å²) in [5.41, 5.74) is 0.261. The van der Waals surface area contributed by atoms with Gasteiger partial charge in [-0.2, -0.15) is 0 Å². The number of rotatable bonds is 0. The lowest BCUT2D eigenvalue weighted by Gasteiger charge is -2.47. The average molecular weight is 126 g/mol. The SMILES string of the molecule is C[C@@H]1C(=O)[C@H](C)C1(C)C. The summed E-state index contributed by atoms with van der Waals surface area (Å²) in [6.45, 7) is 8.35. The van der Waals surface area contributed by atoms with Crippen molar-refractivity contribution in [3.05, 3.63) is 0 Å². The molecule has 0 N–H and O–H groups in total. The number of Topliss-reactive ketones (excluding diaryl/α,β-unsaturated/α-hetero) is 1. The van der Waals surface area contributed by atoms with E-state index in [4.69, 9.17) is 0 Å². The van der Waals surface area contributed by atoms with E-state index in [9.17, 15) is 4.79 Å². The maximum Gasteiger partial charge on any atom is 0.139 e. The molecule has 0 aromatic carbocycles. The van der Waals surface area contributed by atoms with Crippen molar-refractivity contribution in [2.75, 3.05) is 0 Å². The number of ketones is 1. The summed E-state index contributed by atoms with van der Waals surface area (Å²) in [7, 11) is 0. The predicted molar refractivity (Wildman–Crippen MR) is 37.1 cm³/mol. The molecule has 0 aromatic heterocycles. The van der Waals surface area contributed by atoms with Crippen LogP contribution in [0.5, 0.6) is 0 Å². The minimum Gasteiger partial charge on any atom is -0.299 e. The van der Waals surface area contributed by atoms with Crippen molar-refractivity contribution in [1.82, 2.24) is 0 Å². The van der Waals surface area contributed by atoms with Gasteiger partial charge in [-0.3, -0.25) is 4.79 Å². The highest BCUT2D eigenvalue weighted by molar-refractivity contribution is 5.90. The molecule has 1 heteroatoms. The molecule has 1 nitrogen and oxygen atoms in total. The molecule has 0 aliphatic heterocycles. The summed E-state index contributed by atoms with van der Waals surface area (Å²) in [5, 5.41) is 0. The Labute approximate surface area is 56.4 Å². The van der Waals surface area contributed by atoms with Crippen LogP contribution in [0.25, 0.3) is 0 Å². The van der Waals surface area contributed by atoms with Gasteiger partial charge in [0, 0.05) is 11.8 Å². The van der Waals surface area contributed by atoms with Gasteiger partial charge in [0.25, 0.3) is 0 Å². The standard InChI is InChI=1S/C8H14O/c1-5-7(9)6(2)8(5,3)4/h5-6H,1-4H3/t5-,6+. The van der Waals surface area contributed by atoms with E-state index in [1.54, 1.807) is 0 Å². The van der Waals surface area contributed by atoms with Gasteiger partial charge in [-0.1, -0.05) is 27.7 Å². The largest absolute Gasteiger partial charge is 0.299 e. The van der Waals surface area contributed by atoms with Crippen molar-refractivity contribution in [3.8, 4) is 0 Å². The molecule has 1 aliphatic rings. The van der Waals surface area contributed by atoms with E-state index in [0.717, 1.165) is 0 Å². The minimum atomic E-state index is 0.261. The first-order valence-corrected chi connectivity index (χ1v) is 3.51. The van der Waals surface area contributed by atoms with Gasteiger partial charge in [0.15, 0.2) is 0 Å². The molecule has 0 saturated heterocycles. The molecule has 52 valence electrons. The Morgan fingerprint density at radius 3 is 1.67 bits per heavy atom. The van der Waals surface area contributed by atoms with Gasteiger partial charge in [0.1, 0.15) is 5.78 Å². The third kappa shape index (κ3) is 0.637. The summed E-state index contributed by atoms with van der Waals surface area (Å²) in [5.74, 6) is 1.000. The van der Waals surface area contributed by atoms with Crippen molar-refractivity contribution in [3.63, 3.8) is 0 Å². The van der Waals surface area contributed by atoms with Crippen LogP contribution in [-0.4, -0.2) is 5.78 Å². The molecule has 0 amide bonds. The molecule has 1 rings (SSSR count). The van der Waals surface area contributed by atoms with Gasteiger partial charge in [0.05, 0.1) is 0 Å². The predicted octanol–water partition coefficient (Wildman–Crippen LogP) is 1.87. The van der Waals surface area contributed by atoms with Crippen LogP contribution in [0.1, 0.15) is 27.7 Å². The second-order valence-corrected chi connectivity index (χ2v) is 3.67. The molecular formula is C8H14O. The fraction of sp³-hybridized carbons (Fsp3) is 0.875. The second kappa shape index (κ2) is 1.59. The Hall–Kier alpha value is -0.330. The lowest BCUT2D eigenvalue weighted by atomic mass is 9.55. The minimum absolute atomic E-state index is 0.261. The fourth-order valence-electron chi connectivity index (χ4n) is 1.39. The highest BCUT2D eigenvalue weighted by Crippen LogP contribution is 2.47. The van der Waals surface area contributed by atoms with Crippen LogP contribution in [0.4, 0.5) is 0 Å². The van der Waals surface area contributed by atoms with Crippen LogP contribution < -0.4 is 0 Å². The summed E-state index contributed by atoms with van der Waals surface area (Å²) >= 11 is 0. The molecule has 0 spiro atoms. The van der Waals surface area contributed by atoms with Crippen LogP contribution in [0.3, 0.4) is 0 Å².